The van der Waals surface area contributed by atoms with E-state index in [1.165, 1.54) is 10.4 Å². The van der Waals surface area contributed by atoms with Crippen molar-refractivity contribution in [3.8, 4) is 0 Å². The molecule has 27 heavy (non-hydrogen) atoms. The normalized spacial score (nSPS) is 25.3. The first kappa shape index (κ1) is 15.3. The molecule has 2 saturated heterocycles. The summed E-state index contributed by atoms with van der Waals surface area (Å²) in [5, 5.41) is 15.3. The molecule has 7 nitrogen and oxygen atoms in total. The van der Waals surface area contributed by atoms with Crippen LogP contribution in [0.1, 0.15) is 12.8 Å². The third-order valence-electron chi connectivity index (χ3n) is 5.67. The van der Waals surface area contributed by atoms with Gasteiger partial charge in [0, 0.05) is 12.4 Å². The molecule has 2 fully saturated rings. The summed E-state index contributed by atoms with van der Waals surface area (Å²) in [4.78, 5) is 15.6. The highest BCUT2D eigenvalue weighted by molar-refractivity contribution is 5.57. The summed E-state index contributed by atoms with van der Waals surface area (Å²) < 4.78 is 0. The van der Waals surface area contributed by atoms with Crippen molar-refractivity contribution in [3.63, 3.8) is 0 Å². The topological polar surface area (TPSA) is 65.6 Å². The molecule has 2 aliphatic carbocycles. The van der Waals surface area contributed by atoms with E-state index in [9.17, 15) is 0 Å². The van der Waals surface area contributed by atoms with E-state index >= 15 is 0 Å². The zero-order valence-corrected chi connectivity index (χ0v) is 14.8. The van der Waals surface area contributed by atoms with Crippen molar-refractivity contribution in [1.29, 1.82) is 0 Å². The Morgan fingerprint density at radius 3 is 1.85 bits per heavy atom. The van der Waals surface area contributed by atoms with Gasteiger partial charge in [0.05, 0.1) is 47.5 Å². The number of hydrogen-bond acceptors (Lipinski definition) is 7. The van der Waals surface area contributed by atoms with Crippen LogP contribution >= 0.6 is 0 Å². The maximum atomic E-state index is 6.38. The molecule has 7 heteroatoms. The molecular weight excluding hydrogens is 340 g/mol. The highest BCUT2D eigenvalue weighted by Crippen LogP contribution is 2.26. The van der Waals surface area contributed by atoms with Crippen LogP contribution in [0.2, 0.25) is 0 Å². The number of nitrogens with zero attached hydrogens (tertiary/aromatic N) is 4. The summed E-state index contributed by atoms with van der Waals surface area (Å²) in [5.41, 5.74) is 2.22. The van der Waals surface area contributed by atoms with Crippen LogP contribution in [-0.4, -0.2) is 45.5 Å². The van der Waals surface area contributed by atoms with E-state index < -0.39 is 0 Å². The van der Waals surface area contributed by atoms with Gasteiger partial charge in [0.15, 0.2) is 0 Å². The smallest absolute Gasteiger partial charge is 0.0979 e. The van der Waals surface area contributed by atoms with E-state index in [0.29, 0.717) is 13.3 Å². The molecule has 2 aromatic rings. The third-order valence-corrected chi connectivity index (χ3v) is 5.67. The van der Waals surface area contributed by atoms with Crippen molar-refractivity contribution in [1.82, 2.24) is 30.7 Å². The Morgan fingerprint density at radius 1 is 0.815 bits per heavy atom. The van der Waals surface area contributed by atoms with Crippen LogP contribution in [0.25, 0.3) is 23.5 Å². The van der Waals surface area contributed by atoms with Crippen molar-refractivity contribution < 1.29 is 4.94 Å². The van der Waals surface area contributed by atoms with Crippen molar-refractivity contribution in [2.24, 2.45) is 0 Å². The van der Waals surface area contributed by atoms with Crippen LogP contribution in [-0.2, 0) is 4.94 Å². The fraction of sp³-hybridized carbons (Fsp3) is 0.300. The Bertz CT molecular complexity index is 1070. The average Bonchev–Trinajstić information content (AvgIpc) is 3.33. The zero-order valence-electron chi connectivity index (χ0n) is 14.8. The Kier molecular flexibility index (Phi) is 3.34. The minimum Gasteiger partial charge on any atom is -0.289 e. The third kappa shape index (κ3) is 2.32. The second-order valence-corrected chi connectivity index (χ2v) is 7.20. The number of fused-ring (bicyclic) bond motifs is 4. The van der Waals surface area contributed by atoms with Gasteiger partial charge in [-0.25, -0.2) is 10.1 Å². The summed E-state index contributed by atoms with van der Waals surface area (Å²) in [7, 11) is 0. The Balaban J connectivity index is 1.43. The van der Waals surface area contributed by atoms with Gasteiger partial charge in [-0.15, -0.1) is 0 Å². The van der Waals surface area contributed by atoms with E-state index in [-0.39, 0.29) is 12.1 Å². The standard InChI is InChI=1S/C20H20N6O/c1-3-13-5-7-15-19(17(13)21-9-1)25(11-23-15)27-26-12-24-16-8-6-14-4-2-10-22-18(14)20(16)26/h1-6,9-10,15-16,23-24H,7-8,11-12H2. The Labute approximate surface area is 155 Å². The molecule has 2 aliphatic heterocycles. The summed E-state index contributed by atoms with van der Waals surface area (Å²) in [6.45, 7) is 1.28. The second kappa shape index (κ2) is 5.88. The first-order chi connectivity index (χ1) is 13.4. The van der Waals surface area contributed by atoms with Crippen LogP contribution in [0.15, 0.2) is 36.7 Å². The highest BCUT2D eigenvalue weighted by atomic mass is 16.8. The molecule has 0 saturated carbocycles. The van der Waals surface area contributed by atoms with E-state index in [1.54, 1.807) is 0 Å². The number of hydroxylamine groups is 4. The van der Waals surface area contributed by atoms with Crippen molar-refractivity contribution in [2.75, 3.05) is 13.3 Å². The van der Waals surface area contributed by atoms with E-state index in [1.807, 2.05) is 34.7 Å². The summed E-state index contributed by atoms with van der Waals surface area (Å²) >= 11 is 0. The van der Waals surface area contributed by atoms with Gasteiger partial charge in [-0.05, 0) is 35.4 Å². The summed E-state index contributed by atoms with van der Waals surface area (Å²) in [5.74, 6) is 0. The quantitative estimate of drug-likeness (QED) is 0.647. The molecule has 0 spiro atoms. The number of rotatable bonds is 2. The van der Waals surface area contributed by atoms with Gasteiger partial charge in [0.1, 0.15) is 0 Å². The molecule has 4 aliphatic rings. The maximum absolute atomic E-state index is 6.38. The van der Waals surface area contributed by atoms with Crippen LogP contribution < -0.4 is 31.8 Å². The number of hydrogen-bond donors (Lipinski definition) is 2. The molecule has 2 atom stereocenters. The van der Waals surface area contributed by atoms with Crippen molar-refractivity contribution >= 4 is 23.5 Å². The molecular formula is C20H20N6O. The summed E-state index contributed by atoms with van der Waals surface area (Å²) in [6, 6.07) is 8.68. The lowest BCUT2D eigenvalue weighted by Crippen LogP contribution is -2.44. The Morgan fingerprint density at radius 2 is 1.33 bits per heavy atom. The van der Waals surface area contributed by atoms with Crippen LogP contribution in [0.3, 0.4) is 0 Å². The fourth-order valence-corrected chi connectivity index (χ4v) is 4.40. The lowest BCUT2D eigenvalue weighted by Gasteiger charge is -2.28. The number of pyridine rings is 2. The molecule has 0 aromatic carbocycles. The molecule has 0 bridgehead atoms. The lowest BCUT2D eigenvalue weighted by molar-refractivity contribution is -0.260. The molecule has 0 amide bonds. The predicted molar refractivity (Wildman–Crippen MR) is 100 cm³/mol. The van der Waals surface area contributed by atoms with Gasteiger partial charge in [-0.1, -0.05) is 24.3 Å². The molecule has 0 radical (unpaired) electrons. The van der Waals surface area contributed by atoms with E-state index in [0.717, 1.165) is 34.9 Å². The van der Waals surface area contributed by atoms with Gasteiger partial charge >= 0.3 is 0 Å². The average molecular weight is 360 g/mol. The molecule has 2 unspecified atom stereocenters. The van der Waals surface area contributed by atoms with Gasteiger partial charge < -0.3 is 0 Å². The van der Waals surface area contributed by atoms with Crippen LogP contribution in [0.5, 0.6) is 0 Å². The van der Waals surface area contributed by atoms with Crippen molar-refractivity contribution in [3.05, 3.63) is 57.8 Å². The first-order valence-corrected chi connectivity index (χ1v) is 9.39. The Hall–Kier alpha value is -2.74. The van der Waals surface area contributed by atoms with E-state index in [4.69, 9.17) is 4.94 Å². The van der Waals surface area contributed by atoms with Gasteiger partial charge in [-0.2, -0.15) is 4.94 Å². The maximum Gasteiger partial charge on any atom is 0.0979 e. The molecule has 4 heterocycles. The highest BCUT2D eigenvalue weighted by Gasteiger charge is 2.36. The monoisotopic (exact) mass is 360 g/mol. The van der Waals surface area contributed by atoms with Gasteiger partial charge in [0.25, 0.3) is 0 Å². The molecule has 136 valence electrons. The minimum absolute atomic E-state index is 0.244. The molecule has 2 aromatic heterocycles. The fourth-order valence-electron chi connectivity index (χ4n) is 4.40. The van der Waals surface area contributed by atoms with Gasteiger partial charge in [0.2, 0.25) is 0 Å². The molecule has 2 N–H and O–H groups in total. The SMILES string of the molecule is C1=c2cccnc2=C2C(C1)NCN2ON1CNC2CC=c3cccnc3=C21. The predicted octanol–water partition coefficient (Wildman–Crippen LogP) is -1.93. The van der Waals surface area contributed by atoms with Gasteiger partial charge in [-0.3, -0.25) is 20.6 Å². The minimum atomic E-state index is 0.244. The zero-order chi connectivity index (χ0) is 17.8. The summed E-state index contributed by atoms with van der Waals surface area (Å²) in [6.07, 6.45) is 10.1. The number of nitrogens with one attached hydrogen (secondary N) is 2. The van der Waals surface area contributed by atoms with E-state index in [2.05, 4.69) is 44.9 Å². The molecule has 6 rings (SSSR count). The first-order valence-electron chi connectivity index (χ1n) is 9.39. The van der Waals surface area contributed by atoms with Crippen LogP contribution in [0, 0.1) is 0 Å². The van der Waals surface area contributed by atoms with Crippen LogP contribution in [0.4, 0.5) is 0 Å². The number of aromatic nitrogens is 2. The second-order valence-electron chi connectivity index (χ2n) is 7.20. The lowest BCUT2D eigenvalue weighted by atomic mass is 10.0. The van der Waals surface area contributed by atoms with Crippen molar-refractivity contribution in [2.45, 2.75) is 24.9 Å². The largest absolute Gasteiger partial charge is 0.289 e.